The number of esters is 3. The van der Waals surface area contributed by atoms with Gasteiger partial charge in [0.1, 0.15) is 6.79 Å². The molecule has 8 heteroatoms. The summed E-state index contributed by atoms with van der Waals surface area (Å²) >= 11 is 0. The molecule has 2 fully saturated rings. The first-order chi connectivity index (χ1) is 14.8. The Balaban J connectivity index is 1.93. The lowest BCUT2D eigenvalue weighted by Crippen LogP contribution is -2.57. The van der Waals surface area contributed by atoms with Crippen molar-refractivity contribution in [1.82, 2.24) is 0 Å². The number of ether oxygens (including phenoxy) is 5. The molecule has 0 spiro atoms. The van der Waals surface area contributed by atoms with Gasteiger partial charge in [0.05, 0.1) is 33.4 Å². The summed E-state index contributed by atoms with van der Waals surface area (Å²) in [6, 6.07) is 0. The second-order valence-electron chi connectivity index (χ2n) is 9.19. The fourth-order valence-corrected chi connectivity index (χ4v) is 6.38. The van der Waals surface area contributed by atoms with Crippen LogP contribution in [-0.4, -0.2) is 59.2 Å². The van der Waals surface area contributed by atoms with Crippen LogP contribution < -0.4 is 0 Å². The lowest BCUT2D eigenvalue weighted by molar-refractivity contribution is -0.183. The zero-order valence-electron chi connectivity index (χ0n) is 19.1. The van der Waals surface area contributed by atoms with Crippen LogP contribution in [0.3, 0.4) is 0 Å². The number of fused-ring (bicyclic) bond motifs is 3. The lowest BCUT2D eigenvalue weighted by atomic mass is 9.47. The van der Waals surface area contributed by atoms with E-state index in [9.17, 15) is 14.4 Å². The Hall–Kier alpha value is -1.93. The predicted octanol–water partition coefficient (Wildman–Crippen LogP) is 2.50. The average Bonchev–Trinajstić information content (AvgIpc) is 2.80. The number of carbonyl (C=O) groups is 3. The summed E-state index contributed by atoms with van der Waals surface area (Å²) in [5.74, 6) is -1.60. The van der Waals surface area contributed by atoms with Gasteiger partial charge in [-0.1, -0.05) is 19.1 Å². The summed E-state index contributed by atoms with van der Waals surface area (Å²) in [4.78, 5) is 38.0. The second kappa shape index (κ2) is 9.28. The molecule has 0 aromatic rings. The SMILES string of the molecule is COCO[C@H]1CC[C@@]2(C)[C@@H](C=C[C@@H]3CC(C(=O)OC)(C(=O)OC)CC[C@@H]32)[C@@H]1C(=O)OC. The molecule has 0 bridgehead atoms. The van der Waals surface area contributed by atoms with Crippen LogP contribution in [0.1, 0.15) is 39.0 Å². The topological polar surface area (TPSA) is 97.4 Å². The van der Waals surface area contributed by atoms with Crippen molar-refractivity contribution in [3.63, 3.8) is 0 Å². The van der Waals surface area contributed by atoms with Crippen molar-refractivity contribution in [2.45, 2.75) is 45.1 Å². The molecule has 0 radical (unpaired) electrons. The minimum absolute atomic E-state index is 0.0166. The van der Waals surface area contributed by atoms with Crippen molar-refractivity contribution >= 4 is 17.9 Å². The highest BCUT2D eigenvalue weighted by atomic mass is 16.7. The summed E-state index contributed by atoms with van der Waals surface area (Å²) in [6.07, 6.45) is 6.82. The molecule has 174 valence electrons. The van der Waals surface area contributed by atoms with Crippen molar-refractivity contribution < 1.29 is 38.1 Å². The quantitative estimate of drug-likeness (QED) is 0.205. The van der Waals surface area contributed by atoms with Crippen LogP contribution in [0.5, 0.6) is 0 Å². The van der Waals surface area contributed by atoms with Crippen molar-refractivity contribution in [3.05, 3.63) is 12.2 Å². The molecule has 0 amide bonds. The Morgan fingerprint density at radius 3 is 2.19 bits per heavy atom. The summed E-state index contributed by atoms with van der Waals surface area (Å²) in [7, 11) is 5.56. The van der Waals surface area contributed by atoms with E-state index in [1.165, 1.54) is 21.3 Å². The maximum absolute atomic E-state index is 12.8. The largest absolute Gasteiger partial charge is 0.469 e. The highest BCUT2D eigenvalue weighted by molar-refractivity contribution is 6.00. The van der Waals surface area contributed by atoms with Crippen molar-refractivity contribution in [2.75, 3.05) is 35.2 Å². The standard InChI is InChI=1S/C23H34O8/c1-22-10-9-17(31-13-27-2)18(19(24)28-3)16(22)7-6-14-12-23(20(25)29-4,21(26)30-5)11-8-15(14)22/h6-7,14-18H,8-13H2,1-5H3/t14-,15+,16+,17+,18+,22-/m1/s1. The molecule has 0 N–H and O–H groups in total. The third kappa shape index (κ3) is 3.89. The van der Waals surface area contributed by atoms with Gasteiger partial charge in [-0.3, -0.25) is 14.4 Å². The lowest BCUT2D eigenvalue weighted by Gasteiger charge is -2.57. The van der Waals surface area contributed by atoms with E-state index in [0.29, 0.717) is 25.7 Å². The minimum atomic E-state index is -1.28. The normalized spacial score (nSPS) is 36.0. The molecule has 0 aliphatic heterocycles. The van der Waals surface area contributed by atoms with E-state index in [2.05, 4.69) is 19.1 Å². The predicted molar refractivity (Wildman–Crippen MR) is 110 cm³/mol. The van der Waals surface area contributed by atoms with E-state index in [1.54, 1.807) is 7.11 Å². The highest BCUT2D eigenvalue weighted by Crippen LogP contribution is 2.61. The Morgan fingerprint density at radius 2 is 1.61 bits per heavy atom. The number of methoxy groups -OCH3 is 4. The van der Waals surface area contributed by atoms with E-state index < -0.39 is 23.3 Å². The van der Waals surface area contributed by atoms with Gasteiger partial charge < -0.3 is 23.7 Å². The van der Waals surface area contributed by atoms with Crippen molar-refractivity contribution in [1.29, 1.82) is 0 Å². The van der Waals surface area contributed by atoms with Crippen LogP contribution in [0, 0.1) is 34.5 Å². The van der Waals surface area contributed by atoms with Crippen LogP contribution in [0.25, 0.3) is 0 Å². The van der Waals surface area contributed by atoms with Gasteiger partial charge in [0.2, 0.25) is 0 Å². The molecule has 3 aliphatic rings. The zero-order valence-corrected chi connectivity index (χ0v) is 19.1. The van der Waals surface area contributed by atoms with E-state index >= 15 is 0 Å². The van der Waals surface area contributed by atoms with Gasteiger partial charge in [0.25, 0.3) is 0 Å². The fraction of sp³-hybridized carbons (Fsp3) is 0.783. The highest BCUT2D eigenvalue weighted by Gasteiger charge is 2.61. The molecule has 0 unspecified atom stereocenters. The molecule has 2 saturated carbocycles. The molecule has 31 heavy (non-hydrogen) atoms. The second-order valence-corrected chi connectivity index (χ2v) is 9.19. The maximum atomic E-state index is 12.8. The Morgan fingerprint density at radius 1 is 0.935 bits per heavy atom. The third-order valence-electron chi connectivity index (χ3n) is 7.94. The molecule has 3 rings (SSSR count). The van der Waals surface area contributed by atoms with Crippen LogP contribution in [0.4, 0.5) is 0 Å². The summed E-state index contributed by atoms with van der Waals surface area (Å²) in [5, 5.41) is 0. The summed E-state index contributed by atoms with van der Waals surface area (Å²) in [6.45, 7) is 2.34. The fourth-order valence-electron chi connectivity index (χ4n) is 6.38. The zero-order chi connectivity index (χ0) is 22.8. The molecule has 0 saturated heterocycles. The van der Waals surface area contributed by atoms with Gasteiger partial charge in [-0.05, 0) is 55.3 Å². The maximum Gasteiger partial charge on any atom is 0.323 e. The van der Waals surface area contributed by atoms with Crippen LogP contribution in [0.2, 0.25) is 0 Å². The third-order valence-corrected chi connectivity index (χ3v) is 7.94. The van der Waals surface area contributed by atoms with Crippen LogP contribution in [-0.2, 0) is 38.1 Å². The van der Waals surface area contributed by atoms with E-state index in [1.807, 2.05) is 0 Å². The number of hydrogen-bond donors (Lipinski definition) is 0. The monoisotopic (exact) mass is 438 g/mol. The molecule has 0 aromatic heterocycles. The van der Waals surface area contributed by atoms with Crippen LogP contribution >= 0.6 is 0 Å². The van der Waals surface area contributed by atoms with Gasteiger partial charge >= 0.3 is 17.9 Å². The van der Waals surface area contributed by atoms with Gasteiger partial charge in [-0.15, -0.1) is 0 Å². The molecular formula is C23H34O8. The molecule has 0 aromatic carbocycles. The molecule has 0 heterocycles. The Labute approximate surface area is 183 Å². The van der Waals surface area contributed by atoms with Gasteiger partial charge in [0.15, 0.2) is 5.41 Å². The van der Waals surface area contributed by atoms with Gasteiger partial charge in [0, 0.05) is 7.11 Å². The Kier molecular flexibility index (Phi) is 7.11. The number of carbonyl (C=O) groups excluding carboxylic acids is 3. The Bertz CT molecular complexity index is 715. The molecular weight excluding hydrogens is 404 g/mol. The van der Waals surface area contributed by atoms with Crippen molar-refractivity contribution in [2.24, 2.45) is 34.5 Å². The smallest absolute Gasteiger partial charge is 0.323 e. The molecule has 8 nitrogen and oxygen atoms in total. The number of hydrogen-bond acceptors (Lipinski definition) is 8. The summed E-state index contributed by atoms with van der Waals surface area (Å²) in [5.41, 5.74) is -1.46. The first-order valence-electron chi connectivity index (χ1n) is 10.8. The first kappa shape index (κ1) is 23.7. The molecule has 3 aliphatic carbocycles. The average molecular weight is 439 g/mol. The van der Waals surface area contributed by atoms with Crippen LogP contribution in [0.15, 0.2) is 12.2 Å². The van der Waals surface area contributed by atoms with E-state index in [0.717, 1.165) is 6.42 Å². The van der Waals surface area contributed by atoms with Crippen molar-refractivity contribution in [3.8, 4) is 0 Å². The van der Waals surface area contributed by atoms with E-state index in [4.69, 9.17) is 23.7 Å². The summed E-state index contributed by atoms with van der Waals surface area (Å²) < 4.78 is 26.0. The first-order valence-corrected chi connectivity index (χ1v) is 10.8. The minimum Gasteiger partial charge on any atom is -0.469 e. The number of allylic oxidation sites excluding steroid dienone is 2. The van der Waals surface area contributed by atoms with Gasteiger partial charge in [-0.25, -0.2) is 0 Å². The number of rotatable bonds is 6. The molecule has 6 atom stereocenters. The van der Waals surface area contributed by atoms with E-state index in [-0.39, 0.29) is 42.0 Å². The van der Waals surface area contributed by atoms with Gasteiger partial charge in [-0.2, -0.15) is 0 Å².